The molecule has 1 N–H and O–H groups in total. The first-order valence-electron chi connectivity index (χ1n) is 7.41. The quantitative estimate of drug-likeness (QED) is 0.791. The molecule has 7 nitrogen and oxygen atoms in total. The molecule has 1 aromatic carbocycles. The minimum atomic E-state index is -3.62. The number of benzene rings is 1. The molecule has 0 saturated carbocycles. The first-order chi connectivity index (χ1) is 10.9. The van der Waals surface area contributed by atoms with Crippen LogP contribution in [-0.4, -0.2) is 53.5 Å². The van der Waals surface area contributed by atoms with Gasteiger partial charge in [0.25, 0.3) is 0 Å². The molecule has 23 heavy (non-hydrogen) atoms. The van der Waals surface area contributed by atoms with E-state index < -0.39 is 10.0 Å². The van der Waals surface area contributed by atoms with Gasteiger partial charge in [-0.2, -0.15) is 0 Å². The highest BCUT2D eigenvalue weighted by atomic mass is 32.2. The topological polar surface area (TPSA) is 84.9 Å². The Morgan fingerprint density at radius 2 is 2.17 bits per heavy atom. The predicted molar refractivity (Wildman–Crippen MR) is 87.2 cm³/mol. The summed E-state index contributed by atoms with van der Waals surface area (Å²) in [6.45, 7) is 0.797. The lowest BCUT2D eigenvalue weighted by molar-refractivity contribution is -0.120. The molecule has 0 aromatic heterocycles. The first kappa shape index (κ1) is 17.6. The number of nitrogens with one attached hydrogen (secondary N) is 1. The van der Waals surface area contributed by atoms with E-state index in [0.717, 1.165) is 23.4 Å². The Kier molecular flexibility index (Phi) is 5.84. The maximum Gasteiger partial charge on any atom is 0.240 e. The number of rotatable bonds is 7. The summed E-state index contributed by atoms with van der Waals surface area (Å²) < 4.78 is 35.8. The third-order valence-corrected chi connectivity index (χ3v) is 4.72. The summed E-state index contributed by atoms with van der Waals surface area (Å²) in [5.74, 6) is 0.0154. The number of carbonyl (C=O) groups is 1. The number of para-hydroxylation sites is 2. The molecular weight excluding hydrogens is 320 g/mol. The molecule has 1 aliphatic rings. The van der Waals surface area contributed by atoms with Crippen molar-refractivity contribution >= 4 is 21.6 Å². The SMILES string of the molecule is COc1ccccc1N(CC(=O)NC[C@@H]1CCCO1)S(C)(=O)=O. The average Bonchev–Trinajstić information content (AvgIpc) is 3.03. The van der Waals surface area contributed by atoms with Crippen LogP contribution in [0, 0.1) is 0 Å². The summed E-state index contributed by atoms with van der Waals surface area (Å²) in [6.07, 6.45) is 2.96. The van der Waals surface area contributed by atoms with Gasteiger partial charge >= 0.3 is 0 Å². The van der Waals surface area contributed by atoms with Gasteiger partial charge < -0.3 is 14.8 Å². The molecule has 1 fully saturated rings. The van der Waals surface area contributed by atoms with Gasteiger partial charge in [0.2, 0.25) is 15.9 Å². The fourth-order valence-corrected chi connectivity index (χ4v) is 3.30. The van der Waals surface area contributed by atoms with Crippen LogP contribution in [0.5, 0.6) is 5.75 Å². The minimum absolute atomic E-state index is 0.0110. The van der Waals surface area contributed by atoms with Crippen molar-refractivity contribution in [2.75, 3.05) is 37.4 Å². The molecule has 1 aliphatic heterocycles. The highest BCUT2D eigenvalue weighted by Gasteiger charge is 2.24. The third-order valence-electron chi connectivity index (χ3n) is 3.59. The highest BCUT2D eigenvalue weighted by Crippen LogP contribution is 2.29. The molecule has 0 bridgehead atoms. The summed E-state index contributed by atoms with van der Waals surface area (Å²) in [5.41, 5.74) is 0.338. The summed E-state index contributed by atoms with van der Waals surface area (Å²) in [4.78, 5) is 12.1. The maximum absolute atomic E-state index is 12.1. The summed E-state index contributed by atoms with van der Waals surface area (Å²) in [7, 11) is -2.17. The van der Waals surface area contributed by atoms with Crippen LogP contribution in [0.2, 0.25) is 0 Å². The number of hydrogen-bond donors (Lipinski definition) is 1. The number of carbonyl (C=O) groups excluding carboxylic acids is 1. The minimum Gasteiger partial charge on any atom is -0.495 e. The van der Waals surface area contributed by atoms with Crippen molar-refractivity contribution in [3.63, 3.8) is 0 Å². The van der Waals surface area contributed by atoms with Gasteiger partial charge in [-0.05, 0) is 25.0 Å². The Bertz CT molecular complexity index is 641. The van der Waals surface area contributed by atoms with E-state index in [4.69, 9.17) is 9.47 Å². The molecule has 0 radical (unpaired) electrons. The zero-order chi connectivity index (χ0) is 16.9. The predicted octanol–water partition coefficient (Wildman–Crippen LogP) is 0.756. The van der Waals surface area contributed by atoms with E-state index in [1.165, 1.54) is 7.11 Å². The van der Waals surface area contributed by atoms with Gasteiger partial charge in [-0.15, -0.1) is 0 Å². The van der Waals surface area contributed by atoms with Crippen molar-refractivity contribution in [3.8, 4) is 5.75 Å². The van der Waals surface area contributed by atoms with E-state index >= 15 is 0 Å². The Morgan fingerprint density at radius 1 is 1.43 bits per heavy atom. The fraction of sp³-hybridized carbons (Fsp3) is 0.533. The van der Waals surface area contributed by atoms with Gasteiger partial charge in [0.05, 0.1) is 25.2 Å². The zero-order valence-electron chi connectivity index (χ0n) is 13.3. The van der Waals surface area contributed by atoms with Gasteiger partial charge in [-0.1, -0.05) is 12.1 Å². The first-order valence-corrected chi connectivity index (χ1v) is 9.25. The molecule has 0 spiro atoms. The van der Waals surface area contributed by atoms with Gasteiger partial charge in [0.1, 0.15) is 12.3 Å². The van der Waals surface area contributed by atoms with Crippen LogP contribution in [-0.2, 0) is 19.6 Å². The molecule has 1 amide bonds. The second-order valence-electron chi connectivity index (χ2n) is 5.38. The number of ether oxygens (including phenoxy) is 2. The molecule has 1 heterocycles. The van der Waals surface area contributed by atoms with Crippen LogP contribution in [0.4, 0.5) is 5.69 Å². The normalized spacial score (nSPS) is 17.7. The van der Waals surface area contributed by atoms with Gasteiger partial charge in [0, 0.05) is 13.2 Å². The molecule has 1 atom stereocenters. The van der Waals surface area contributed by atoms with E-state index in [1.807, 2.05) is 0 Å². The number of nitrogens with zero attached hydrogens (tertiary/aromatic N) is 1. The lowest BCUT2D eigenvalue weighted by atomic mass is 10.2. The van der Waals surface area contributed by atoms with Crippen molar-refractivity contribution in [1.29, 1.82) is 0 Å². The molecular formula is C15H22N2O5S. The van der Waals surface area contributed by atoms with Crippen LogP contribution in [0.25, 0.3) is 0 Å². The average molecular weight is 342 g/mol. The highest BCUT2D eigenvalue weighted by molar-refractivity contribution is 7.92. The molecule has 1 saturated heterocycles. The number of methoxy groups -OCH3 is 1. The molecule has 128 valence electrons. The van der Waals surface area contributed by atoms with E-state index in [1.54, 1.807) is 24.3 Å². The lowest BCUT2D eigenvalue weighted by Gasteiger charge is -2.24. The summed E-state index contributed by atoms with van der Waals surface area (Å²) in [5, 5.41) is 2.72. The van der Waals surface area contributed by atoms with Gasteiger partial charge in [0.15, 0.2) is 0 Å². The van der Waals surface area contributed by atoms with Gasteiger partial charge in [-0.3, -0.25) is 9.10 Å². The van der Waals surface area contributed by atoms with Crippen molar-refractivity contribution in [1.82, 2.24) is 5.32 Å². The van der Waals surface area contributed by atoms with Crippen LogP contribution < -0.4 is 14.4 Å². The second-order valence-corrected chi connectivity index (χ2v) is 7.29. The van der Waals surface area contributed by atoms with Crippen LogP contribution in [0.15, 0.2) is 24.3 Å². The molecule has 2 rings (SSSR count). The fourth-order valence-electron chi connectivity index (χ4n) is 2.44. The Morgan fingerprint density at radius 3 is 2.78 bits per heavy atom. The van der Waals surface area contributed by atoms with Crippen molar-refractivity contribution in [2.45, 2.75) is 18.9 Å². The van der Waals surface area contributed by atoms with Crippen molar-refractivity contribution in [2.24, 2.45) is 0 Å². The Hall–Kier alpha value is -1.80. The van der Waals surface area contributed by atoms with Crippen molar-refractivity contribution in [3.05, 3.63) is 24.3 Å². The van der Waals surface area contributed by atoms with Crippen LogP contribution in [0.1, 0.15) is 12.8 Å². The molecule has 0 unspecified atom stereocenters. The summed E-state index contributed by atoms with van der Waals surface area (Å²) in [6, 6.07) is 6.69. The molecule has 0 aliphatic carbocycles. The molecule has 8 heteroatoms. The number of amides is 1. The number of hydrogen-bond acceptors (Lipinski definition) is 5. The van der Waals surface area contributed by atoms with E-state index in [9.17, 15) is 13.2 Å². The van der Waals surface area contributed by atoms with E-state index in [0.29, 0.717) is 24.6 Å². The largest absolute Gasteiger partial charge is 0.495 e. The standard InChI is InChI=1S/C15H22N2O5S/c1-21-14-8-4-3-7-13(14)17(23(2,19)20)11-15(18)16-10-12-6-5-9-22-12/h3-4,7-8,12H,5-6,9-11H2,1-2H3,(H,16,18)/t12-/m0/s1. The monoisotopic (exact) mass is 342 g/mol. The Balaban J connectivity index is 2.08. The van der Waals surface area contributed by atoms with Crippen molar-refractivity contribution < 1.29 is 22.7 Å². The third kappa shape index (κ3) is 4.84. The van der Waals surface area contributed by atoms with E-state index in [-0.39, 0.29) is 18.6 Å². The number of sulfonamides is 1. The second kappa shape index (κ2) is 7.65. The van der Waals surface area contributed by atoms with E-state index in [2.05, 4.69) is 5.32 Å². The zero-order valence-corrected chi connectivity index (χ0v) is 14.1. The summed E-state index contributed by atoms with van der Waals surface area (Å²) >= 11 is 0. The number of anilines is 1. The Labute approximate surface area is 136 Å². The molecule has 1 aromatic rings. The van der Waals surface area contributed by atoms with Crippen LogP contribution >= 0.6 is 0 Å². The van der Waals surface area contributed by atoms with Crippen LogP contribution in [0.3, 0.4) is 0 Å². The maximum atomic E-state index is 12.1. The lowest BCUT2D eigenvalue weighted by Crippen LogP contribution is -2.42. The van der Waals surface area contributed by atoms with Gasteiger partial charge in [-0.25, -0.2) is 8.42 Å². The smallest absolute Gasteiger partial charge is 0.240 e.